The van der Waals surface area contributed by atoms with Gasteiger partial charge in [0.1, 0.15) is 5.75 Å². The van der Waals surface area contributed by atoms with Crippen LogP contribution in [0.2, 0.25) is 0 Å². The maximum atomic E-state index is 12.6. The van der Waals surface area contributed by atoms with Crippen molar-refractivity contribution in [1.29, 1.82) is 0 Å². The molecule has 4 rings (SSSR count). The number of sulfonamides is 1. The molecule has 2 heterocycles. The van der Waals surface area contributed by atoms with Crippen molar-refractivity contribution >= 4 is 27.4 Å². The summed E-state index contributed by atoms with van der Waals surface area (Å²) in [5, 5.41) is 16.7. The van der Waals surface area contributed by atoms with E-state index in [1.165, 1.54) is 24.3 Å². The Kier molecular flexibility index (Phi) is 6.57. The van der Waals surface area contributed by atoms with Gasteiger partial charge in [0.2, 0.25) is 15.9 Å². The molecule has 0 atom stereocenters. The first kappa shape index (κ1) is 22.7. The van der Waals surface area contributed by atoms with Gasteiger partial charge >= 0.3 is 0 Å². The van der Waals surface area contributed by atoms with Crippen molar-refractivity contribution in [2.75, 3.05) is 30.4 Å². The Morgan fingerprint density at radius 2 is 1.67 bits per heavy atom. The van der Waals surface area contributed by atoms with Crippen LogP contribution in [0.3, 0.4) is 0 Å². The van der Waals surface area contributed by atoms with Crippen LogP contribution in [0.5, 0.6) is 5.75 Å². The predicted molar refractivity (Wildman–Crippen MR) is 125 cm³/mol. The van der Waals surface area contributed by atoms with Gasteiger partial charge in [0.25, 0.3) is 0 Å². The van der Waals surface area contributed by atoms with Gasteiger partial charge in [-0.25, -0.2) is 13.6 Å². The van der Waals surface area contributed by atoms with Crippen molar-refractivity contribution in [3.05, 3.63) is 60.7 Å². The van der Waals surface area contributed by atoms with Crippen molar-refractivity contribution in [3.8, 4) is 17.0 Å². The summed E-state index contributed by atoms with van der Waals surface area (Å²) >= 11 is 0. The average molecular weight is 468 g/mol. The van der Waals surface area contributed by atoms with Crippen LogP contribution in [0.15, 0.2) is 65.6 Å². The lowest BCUT2D eigenvalue weighted by atomic mass is 9.96. The maximum absolute atomic E-state index is 12.6. The molecule has 0 radical (unpaired) electrons. The Labute approximate surface area is 192 Å². The molecule has 1 aliphatic heterocycles. The molecular weight excluding hydrogens is 442 g/mol. The van der Waals surface area contributed by atoms with Gasteiger partial charge in [0.15, 0.2) is 5.82 Å². The highest BCUT2D eigenvalue weighted by atomic mass is 32.2. The molecule has 2 aromatic carbocycles. The number of carbonyl (C=O) groups excluding carboxylic acids is 1. The first-order chi connectivity index (χ1) is 15.8. The third-order valence-corrected chi connectivity index (χ3v) is 6.61. The molecule has 1 fully saturated rings. The van der Waals surface area contributed by atoms with Gasteiger partial charge in [-0.3, -0.25) is 4.79 Å². The van der Waals surface area contributed by atoms with Gasteiger partial charge in [-0.15, -0.1) is 10.2 Å². The van der Waals surface area contributed by atoms with Gasteiger partial charge in [-0.2, -0.15) is 0 Å². The third kappa shape index (κ3) is 5.47. The zero-order valence-corrected chi connectivity index (χ0v) is 19.0. The van der Waals surface area contributed by atoms with Gasteiger partial charge < -0.3 is 15.0 Å². The Bertz CT molecular complexity index is 1210. The van der Waals surface area contributed by atoms with Crippen LogP contribution in [0, 0.1) is 5.92 Å². The number of nitrogens with two attached hydrogens (primary N) is 1. The fourth-order valence-corrected chi connectivity index (χ4v) is 4.27. The number of amides is 1. The molecular formula is C23H25N5O4S. The van der Waals surface area contributed by atoms with Crippen molar-refractivity contribution in [3.63, 3.8) is 0 Å². The minimum atomic E-state index is -3.76. The molecule has 3 aromatic rings. The fraction of sp³-hybridized carbons (Fsp3) is 0.261. The molecule has 0 unspecified atom stereocenters. The van der Waals surface area contributed by atoms with Crippen LogP contribution in [0.4, 0.5) is 11.5 Å². The number of rotatable bonds is 6. The summed E-state index contributed by atoms with van der Waals surface area (Å²) in [5.74, 6) is 1.35. The Hall–Kier alpha value is -3.50. The van der Waals surface area contributed by atoms with Gasteiger partial charge in [0.05, 0.1) is 17.7 Å². The van der Waals surface area contributed by atoms with Crippen LogP contribution in [-0.4, -0.2) is 44.7 Å². The normalized spacial score (nSPS) is 14.7. The van der Waals surface area contributed by atoms with E-state index in [0.717, 1.165) is 22.8 Å². The van der Waals surface area contributed by atoms with E-state index in [1.54, 1.807) is 7.11 Å². The summed E-state index contributed by atoms with van der Waals surface area (Å²) in [6.45, 7) is 1.39. The Balaban J connectivity index is 1.32. The number of piperidine rings is 1. The summed E-state index contributed by atoms with van der Waals surface area (Å²) in [4.78, 5) is 14.8. The predicted octanol–water partition coefficient (Wildman–Crippen LogP) is 2.65. The van der Waals surface area contributed by atoms with E-state index < -0.39 is 10.0 Å². The van der Waals surface area contributed by atoms with Gasteiger partial charge in [-0.1, -0.05) is 0 Å². The SMILES string of the molecule is COc1ccc(-c2ccc(N3CCC(C(=O)Nc4ccc(S(N)(=O)=O)cc4)CC3)nn2)cc1. The van der Waals surface area contributed by atoms with E-state index in [4.69, 9.17) is 9.88 Å². The summed E-state index contributed by atoms with van der Waals surface area (Å²) in [6, 6.07) is 17.4. The van der Waals surface area contributed by atoms with E-state index in [-0.39, 0.29) is 16.7 Å². The van der Waals surface area contributed by atoms with Crippen molar-refractivity contribution in [2.45, 2.75) is 17.7 Å². The number of anilines is 2. The minimum Gasteiger partial charge on any atom is -0.497 e. The van der Waals surface area contributed by atoms with E-state index >= 15 is 0 Å². The van der Waals surface area contributed by atoms with Crippen molar-refractivity contribution in [2.24, 2.45) is 11.1 Å². The molecule has 1 aliphatic rings. The number of nitrogens with one attached hydrogen (secondary N) is 1. The second-order valence-electron chi connectivity index (χ2n) is 7.83. The lowest BCUT2D eigenvalue weighted by Crippen LogP contribution is -2.38. The van der Waals surface area contributed by atoms with Crippen LogP contribution < -0.4 is 20.1 Å². The number of hydrogen-bond acceptors (Lipinski definition) is 7. The second kappa shape index (κ2) is 9.55. The number of methoxy groups -OCH3 is 1. The third-order valence-electron chi connectivity index (χ3n) is 5.68. The number of nitrogens with zero attached hydrogens (tertiary/aromatic N) is 3. The molecule has 0 spiro atoms. The first-order valence-electron chi connectivity index (χ1n) is 10.5. The molecule has 1 saturated heterocycles. The Morgan fingerprint density at radius 3 is 2.21 bits per heavy atom. The number of carbonyl (C=O) groups is 1. The molecule has 10 heteroatoms. The Morgan fingerprint density at radius 1 is 1.00 bits per heavy atom. The highest BCUT2D eigenvalue weighted by molar-refractivity contribution is 7.89. The van der Waals surface area contributed by atoms with Crippen LogP contribution in [-0.2, 0) is 14.8 Å². The molecule has 1 amide bonds. The maximum Gasteiger partial charge on any atom is 0.238 e. The van der Waals surface area contributed by atoms with Gasteiger partial charge in [0, 0.05) is 30.3 Å². The fourth-order valence-electron chi connectivity index (χ4n) is 3.75. The number of hydrogen-bond donors (Lipinski definition) is 2. The molecule has 9 nitrogen and oxygen atoms in total. The number of ether oxygens (including phenoxy) is 1. The smallest absolute Gasteiger partial charge is 0.238 e. The number of primary sulfonamides is 1. The highest BCUT2D eigenvalue weighted by Gasteiger charge is 2.26. The quantitative estimate of drug-likeness (QED) is 0.570. The van der Waals surface area contributed by atoms with Crippen LogP contribution in [0.1, 0.15) is 12.8 Å². The molecule has 0 saturated carbocycles. The summed E-state index contributed by atoms with van der Waals surface area (Å²) in [6.07, 6.45) is 1.37. The van der Waals surface area contributed by atoms with E-state index in [9.17, 15) is 13.2 Å². The van der Waals surface area contributed by atoms with Crippen LogP contribution >= 0.6 is 0 Å². The lowest BCUT2D eigenvalue weighted by molar-refractivity contribution is -0.120. The largest absolute Gasteiger partial charge is 0.497 e. The monoisotopic (exact) mass is 467 g/mol. The molecule has 33 heavy (non-hydrogen) atoms. The van der Waals surface area contributed by atoms with Crippen LogP contribution in [0.25, 0.3) is 11.3 Å². The molecule has 172 valence electrons. The van der Waals surface area contributed by atoms with E-state index in [1.807, 2.05) is 36.4 Å². The van der Waals surface area contributed by atoms with Crippen molar-refractivity contribution in [1.82, 2.24) is 10.2 Å². The average Bonchev–Trinajstić information content (AvgIpc) is 2.84. The van der Waals surface area contributed by atoms with Crippen molar-refractivity contribution < 1.29 is 17.9 Å². The van der Waals surface area contributed by atoms with E-state index in [2.05, 4.69) is 20.4 Å². The zero-order valence-electron chi connectivity index (χ0n) is 18.1. The van der Waals surface area contributed by atoms with Gasteiger partial charge in [-0.05, 0) is 73.5 Å². The minimum absolute atomic E-state index is 0.00734. The topological polar surface area (TPSA) is 128 Å². The molecule has 1 aromatic heterocycles. The first-order valence-corrected chi connectivity index (χ1v) is 12.0. The van der Waals surface area contributed by atoms with E-state index in [0.29, 0.717) is 31.6 Å². The number of aromatic nitrogens is 2. The zero-order chi connectivity index (χ0) is 23.4. The molecule has 3 N–H and O–H groups in total. The number of benzene rings is 2. The second-order valence-corrected chi connectivity index (χ2v) is 9.39. The standard InChI is InChI=1S/C23H25N5O4S/c1-32-19-6-2-16(3-7-19)21-10-11-22(27-26-21)28-14-12-17(13-15-28)23(29)25-18-4-8-20(9-5-18)33(24,30)31/h2-11,17H,12-15H2,1H3,(H,25,29)(H2,24,30,31). The summed E-state index contributed by atoms with van der Waals surface area (Å²) in [5.41, 5.74) is 2.28. The highest BCUT2D eigenvalue weighted by Crippen LogP contribution is 2.25. The lowest BCUT2D eigenvalue weighted by Gasteiger charge is -2.31. The molecule has 0 aliphatic carbocycles. The summed E-state index contributed by atoms with van der Waals surface area (Å²) in [7, 11) is -2.13. The summed E-state index contributed by atoms with van der Waals surface area (Å²) < 4.78 is 27.9. The molecule has 0 bridgehead atoms.